The number of thiophene rings is 1. The SMILES string of the molecule is [2H]c1c([2H])c([2H])c(-c2nc(-c3c([2H])c([2H])c([2H])c4c3oc3c([2H])c([2H])c([2H])c([2H])c34)nc(-n3c4c([2H])c([2H])c([2H])c([2H])c4c4ccc5c6c([2H])c([2H])c([2H])c([2H])c6n(-c6c([2H])c([2H])c([2H])c([2H])c6[2H])c5c43)n2)c([2H])c1[2H].[2H]c1c([2H])c([2H])c(-c2nc(-c3c([2H])c([2H])c([2H])c4c3sc3c([2H])c([2H])c([2H])c([2H])c34)nc(-n3c4c([2H])c([2H])c([2H])c([2H])c4c4ccc5c6c([2H])c([2H])c([2H])c([2H])c6n(-c6c([2H])c([2H])c([2H])c([2H])c6[2H])c5c43)n2)c([2H])c1[2H]. The fraction of sp³-hybridized carbons (Fsp3) is 0. The fourth-order valence-corrected chi connectivity index (χ4v) is 13.7. The maximum atomic E-state index is 9.47. The molecule has 0 radical (unpaired) electrons. The van der Waals surface area contributed by atoms with Crippen molar-refractivity contribution in [3.05, 3.63) is 326 Å². The van der Waals surface area contributed by atoms with E-state index in [1.165, 1.54) is 24.3 Å². The highest BCUT2D eigenvalue weighted by Crippen LogP contribution is 2.46. The van der Waals surface area contributed by atoms with Crippen molar-refractivity contribution in [1.82, 2.24) is 48.2 Å². The van der Waals surface area contributed by atoms with Gasteiger partial charge in [-0.1, -0.05) is 254 Å². The molecule has 8 aromatic heterocycles. The van der Waals surface area contributed by atoms with Crippen LogP contribution in [-0.2, 0) is 0 Å². The summed E-state index contributed by atoms with van der Waals surface area (Å²) in [5, 5.41) is -2.71. The molecule has 0 aliphatic rings. The quantitative estimate of drug-likeness (QED) is 0.149. The normalized spacial score (nSPS) is 18.8. The van der Waals surface area contributed by atoms with Crippen LogP contribution in [0.2, 0.25) is 0 Å². The maximum absolute atomic E-state index is 9.47. The molecule has 22 aromatic rings. The Balaban J connectivity index is 0.000000177. The number of nitrogens with zero attached hydrogens (tertiary/aromatic N) is 10. The standard InChI is InChI=1S/C45H27N5O.C45H27N5S/c2*1-3-14-28(15-4-1)43-46-44(36-22-13-21-35-32-20-9-12-25-39(32)51-42(35)36)48-45(47-43)50-38-24-11-8-19-31(38)34-27-26-33-30-18-7-10-23-37(30)49(40(33)41(34)50)29-16-5-2-6-17-29/h2*1-27H/i2*1D,2D,3D,4D,5D,6D,7D,8D,9D,10D,11D,12D,13D,14D,15D,16D,17D,18D,19D,20D,21D,22D,23D,24D,25D. The minimum Gasteiger partial charge on any atom is -0.455 e. The number of benzene rings is 14. The lowest BCUT2D eigenvalue weighted by Crippen LogP contribution is -2.07. The van der Waals surface area contributed by atoms with Gasteiger partial charge >= 0.3 is 0 Å². The Morgan fingerprint density at radius 3 is 1.11 bits per heavy atom. The fourth-order valence-electron chi connectivity index (χ4n) is 12.6. The van der Waals surface area contributed by atoms with Gasteiger partial charge in [-0.2, -0.15) is 19.9 Å². The second-order valence-corrected chi connectivity index (χ2v) is 23.0. The molecule has 0 spiro atoms. The number of hydrogen-bond donors (Lipinski definition) is 0. The molecule has 12 heteroatoms. The van der Waals surface area contributed by atoms with E-state index in [-0.39, 0.29) is 90.7 Å². The molecule has 0 aliphatic heterocycles. The summed E-state index contributed by atoms with van der Waals surface area (Å²) < 4.78 is 453. The van der Waals surface area contributed by atoms with E-state index in [1.807, 2.05) is 0 Å². The van der Waals surface area contributed by atoms with Crippen molar-refractivity contribution in [1.29, 1.82) is 0 Å². The average molecular weight is 1370 g/mol. The summed E-state index contributed by atoms with van der Waals surface area (Å²) in [6.45, 7) is 0. The number of fused-ring (bicyclic) bond motifs is 20. The van der Waals surface area contributed by atoms with Crippen LogP contribution >= 0.6 is 11.3 Å². The molecule has 0 aliphatic carbocycles. The van der Waals surface area contributed by atoms with Crippen molar-refractivity contribution in [3.63, 3.8) is 0 Å². The summed E-state index contributed by atoms with van der Waals surface area (Å²) in [6, 6.07) is -33.8. The van der Waals surface area contributed by atoms with Gasteiger partial charge in [0, 0.05) is 102 Å². The first-order valence-electron chi connectivity index (χ1n) is 55.0. The molecule has 0 unspecified atom stereocenters. The van der Waals surface area contributed by atoms with E-state index in [0.29, 0.717) is 11.3 Å². The highest BCUT2D eigenvalue weighted by Gasteiger charge is 2.27. The number of para-hydroxylation sites is 8. The van der Waals surface area contributed by atoms with Crippen molar-refractivity contribution in [2.24, 2.45) is 0 Å². The van der Waals surface area contributed by atoms with Gasteiger partial charge in [-0.3, -0.25) is 9.13 Å². The molecule has 0 saturated carbocycles. The van der Waals surface area contributed by atoms with Gasteiger partial charge in [0.15, 0.2) is 23.3 Å². The van der Waals surface area contributed by atoms with Crippen LogP contribution in [0.25, 0.3) is 198 Å². The minimum atomic E-state index is -0.892. The lowest BCUT2D eigenvalue weighted by atomic mass is 10.1. The van der Waals surface area contributed by atoms with Crippen LogP contribution in [0.3, 0.4) is 0 Å². The first kappa shape index (κ1) is 26.9. The molecule has 102 heavy (non-hydrogen) atoms. The van der Waals surface area contributed by atoms with Crippen LogP contribution in [-0.4, -0.2) is 48.2 Å². The van der Waals surface area contributed by atoms with Crippen molar-refractivity contribution in [3.8, 4) is 68.8 Å². The molecule has 0 fully saturated rings. The maximum Gasteiger partial charge on any atom is 0.238 e. The smallest absolute Gasteiger partial charge is 0.238 e. The van der Waals surface area contributed by atoms with Crippen molar-refractivity contribution in [2.75, 3.05) is 0 Å². The Bertz CT molecular complexity index is 9670. The Kier molecular flexibility index (Phi) is 6.05. The highest BCUT2D eigenvalue weighted by molar-refractivity contribution is 7.26. The zero-order valence-corrected chi connectivity index (χ0v) is 51.4. The van der Waals surface area contributed by atoms with Gasteiger partial charge in [0.1, 0.15) is 11.2 Å². The number of rotatable bonds is 8. The third-order valence-corrected chi connectivity index (χ3v) is 17.8. The van der Waals surface area contributed by atoms with Gasteiger partial charge in [0.25, 0.3) is 0 Å². The van der Waals surface area contributed by atoms with Gasteiger partial charge in [-0.25, -0.2) is 9.97 Å². The molecule has 0 saturated heterocycles. The Morgan fingerprint density at radius 1 is 0.265 bits per heavy atom. The number of furan rings is 1. The van der Waals surface area contributed by atoms with Gasteiger partial charge in [0.2, 0.25) is 11.9 Å². The van der Waals surface area contributed by atoms with E-state index in [4.69, 9.17) is 63.7 Å². The summed E-state index contributed by atoms with van der Waals surface area (Å²) in [7, 11) is 0. The van der Waals surface area contributed by atoms with Gasteiger partial charge in [-0.15, -0.1) is 11.3 Å². The van der Waals surface area contributed by atoms with Crippen LogP contribution in [0.4, 0.5) is 0 Å². The van der Waals surface area contributed by atoms with Gasteiger partial charge in [-0.05, 0) is 72.5 Å². The van der Waals surface area contributed by atoms with Crippen LogP contribution < -0.4 is 0 Å². The molecule has 0 N–H and O–H groups in total. The number of aromatic nitrogens is 10. The van der Waals surface area contributed by atoms with Crippen LogP contribution in [0.15, 0.2) is 331 Å². The lowest BCUT2D eigenvalue weighted by Gasteiger charge is -2.13. The molecule has 14 aromatic carbocycles. The van der Waals surface area contributed by atoms with E-state index in [2.05, 4.69) is 19.9 Å². The molecule has 0 bridgehead atoms. The molecule has 0 atom stereocenters. The number of hydrogen-bond acceptors (Lipinski definition) is 8. The first-order chi connectivity index (χ1) is 71.4. The summed E-state index contributed by atoms with van der Waals surface area (Å²) in [6.07, 6.45) is 0. The summed E-state index contributed by atoms with van der Waals surface area (Å²) in [5.74, 6) is -4.48. The third kappa shape index (κ3) is 8.86. The third-order valence-electron chi connectivity index (χ3n) is 16.7. The molecule has 476 valence electrons. The highest BCUT2D eigenvalue weighted by atomic mass is 32.1. The van der Waals surface area contributed by atoms with E-state index < -0.39 is 410 Å². The van der Waals surface area contributed by atoms with E-state index >= 15 is 0 Å². The predicted molar refractivity (Wildman–Crippen MR) is 419 cm³/mol. The Hall–Kier alpha value is -13.7. The van der Waals surface area contributed by atoms with Gasteiger partial charge < -0.3 is 13.6 Å². The van der Waals surface area contributed by atoms with Crippen molar-refractivity contribution < 1.29 is 73.0 Å². The van der Waals surface area contributed by atoms with Crippen LogP contribution in [0.5, 0.6) is 0 Å². The second-order valence-electron chi connectivity index (χ2n) is 22.0. The monoisotopic (exact) mass is 1370 g/mol. The Labute approximate surface area is 656 Å². The zero-order chi connectivity index (χ0) is 110. The molecule has 22 rings (SSSR count). The van der Waals surface area contributed by atoms with E-state index in [0.717, 1.165) is 18.3 Å². The average Bonchev–Trinajstić information content (AvgIpc) is 1.52. The lowest BCUT2D eigenvalue weighted by molar-refractivity contribution is 0.669. The van der Waals surface area contributed by atoms with E-state index in [9.17, 15) is 19.2 Å². The van der Waals surface area contributed by atoms with Crippen molar-refractivity contribution >= 4 is 141 Å². The summed E-state index contributed by atoms with van der Waals surface area (Å²) in [5.41, 5.74) is -7.87. The molecule has 8 heterocycles. The molecule has 11 nitrogen and oxygen atoms in total. The molecule has 0 amide bonds. The predicted octanol–water partition coefficient (Wildman–Crippen LogP) is 23.1. The largest absolute Gasteiger partial charge is 0.455 e. The van der Waals surface area contributed by atoms with Gasteiger partial charge in [0.05, 0.1) is 118 Å². The van der Waals surface area contributed by atoms with Crippen molar-refractivity contribution in [2.45, 2.75) is 0 Å². The van der Waals surface area contributed by atoms with Crippen LogP contribution in [0.1, 0.15) is 68.5 Å². The zero-order valence-electron chi connectivity index (χ0n) is 101. The Morgan fingerprint density at radius 2 is 0.618 bits per heavy atom. The van der Waals surface area contributed by atoms with Crippen LogP contribution in [0, 0.1) is 0 Å². The minimum absolute atomic E-state index is 0.0917. The van der Waals surface area contributed by atoms with E-state index in [1.54, 1.807) is 0 Å². The summed E-state index contributed by atoms with van der Waals surface area (Å²) >= 11 is 0.680. The second kappa shape index (κ2) is 23.0. The molecular formula is C90H54N10OS. The summed E-state index contributed by atoms with van der Waals surface area (Å²) in [4.78, 5) is 27.7. The topological polar surface area (TPSA) is 110 Å². The first-order valence-corrected chi connectivity index (χ1v) is 30.8. The molecular weight excluding hydrogens is 1270 g/mol.